The third kappa shape index (κ3) is 3.04. The van der Waals surface area contributed by atoms with Crippen molar-refractivity contribution in [1.82, 2.24) is 0 Å². The summed E-state index contributed by atoms with van der Waals surface area (Å²) in [4.78, 5) is 0. The van der Waals surface area contributed by atoms with Gasteiger partial charge >= 0.3 is 0 Å². The lowest BCUT2D eigenvalue weighted by atomic mass is 10.2. The number of allylic oxidation sites excluding steroid dienone is 1. The summed E-state index contributed by atoms with van der Waals surface area (Å²) in [6, 6.07) is 11.8. The van der Waals surface area contributed by atoms with Crippen LogP contribution >= 0.6 is 0 Å². The molecule has 15 heavy (non-hydrogen) atoms. The predicted octanol–water partition coefficient (Wildman–Crippen LogP) is 3.16. The van der Waals surface area contributed by atoms with Crippen LogP contribution in [0.4, 0.5) is 0 Å². The fourth-order valence-corrected chi connectivity index (χ4v) is 4.38. The summed E-state index contributed by atoms with van der Waals surface area (Å²) in [6.45, 7) is 3.21. The van der Waals surface area contributed by atoms with E-state index >= 15 is 0 Å². The summed E-state index contributed by atoms with van der Waals surface area (Å²) in [5.41, 5.74) is 1.30. The summed E-state index contributed by atoms with van der Waals surface area (Å²) in [6.07, 6.45) is 4.90. The van der Waals surface area contributed by atoms with Crippen LogP contribution in [0.2, 0.25) is 6.04 Å². The third-order valence-corrected chi connectivity index (χ3v) is 5.63. The molecular weight excluding hydrogens is 200 g/mol. The van der Waals surface area contributed by atoms with E-state index in [1.54, 1.807) is 0 Å². The van der Waals surface area contributed by atoms with Crippen molar-refractivity contribution in [1.29, 1.82) is 0 Å². The molecule has 0 spiro atoms. The van der Waals surface area contributed by atoms with Crippen molar-refractivity contribution in [2.24, 2.45) is 0 Å². The van der Waals surface area contributed by atoms with E-state index in [1.807, 2.05) is 0 Å². The summed E-state index contributed by atoms with van der Waals surface area (Å²) < 4.78 is 5.88. The molecule has 1 atom stereocenters. The highest BCUT2D eigenvalue weighted by Crippen LogP contribution is 2.18. The minimum atomic E-state index is -1.03. The molecule has 2 rings (SSSR count). The Balaban J connectivity index is 2.06. The minimum Gasteiger partial charge on any atom is -0.416 e. The first-order valence-corrected chi connectivity index (χ1v) is 7.57. The van der Waals surface area contributed by atoms with Gasteiger partial charge in [0.1, 0.15) is 0 Å². The summed E-state index contributed by atoms with van der Waals surface area (Å²) in [5.74, 6) is 0. The standard InChI is InChI=1S/C13H18OSi/c1-12(15-10-6-5-9-14-15)11-13-7-3-2-4-8-13/h2-4,7-8,11,15H,5-6,9-10H2,1H3. The van der Waals surface area contributed by atoms with Crippen LogP contribution in [0.5, 0.6) is 0 Å². The van der Waals surface area contributed by atoms with Crippen LogP contribution in [0, 0.1) is 0 Å². The molecule has 0 saturated carbocycles. The molecule has 0 bridgehead atoms. The van der Waals surface area contributed by atoms with Gasteiger partial charge in [-0.1, -0.05) is 48.0 Å². The van der Waals surface area contributed by atoms with Crippen LogP contribution in [0.1, 0.15) is 25.3 Å². The van der Waals surface area contributed by atoms with E-state index in [9.17, 15) is 0 Å². The van der Waals surface area contributed by atoms with Crippen molar-refractivity contribution in [3.05, 3.63) is 41.1 Å². The zero-order valence-corrected chi connectivity index (χ0v) is 10.4. The van der Waals surface area contributed by atoms with Crippen LogP contribution in [0.25, 0.3) is 6.08 Å². The monoisotopic (exact) mass is 218 g/mol. The van der Waals surface area contributed by atoms with Crippen LogP contribution < -0.4 is 0 Å². The van der Waals surface area contributed by atoms with Crippen molar-refractivity contribution >= 4 is 15.1 Å². The van der Waals surface area contributed by atoms with E-state index in [-0.39, 0.29) is 0 Å². The first-order chi connectivity index (χ1) is 7.36. The molecule has 1 saturated heterocycles. The Kier molecular flexibility index (Phi) is 3.75. The second-order valence-corrected chi connectivity index (χ2v) is 6.95. The van der Waals surface area contributed by atoms with Crippen molar-refractivity contribution < 1.29 is 4.43 Å². The number of rotatable bonds is 2. The fourth-order valence-electron chi connectivity index (χ4n) is 2.00. The van der Waals surface area contributed by atoms with Gasteiger partial charge in [-0.25, -0.2) is 0 Å². The molecule has 0 aromatic heterocycles. The molecule has 1 fully saturated rings. The van der Waals surface area contributed by atoms with Crippen molar-refractivity contribution in [3.63, 3.8) is 0 Å². The van der Waals surface area contributed by atoms with Gasteiger partial charge in [-0.2, -0.15) is 0 Å². The lowest BCUT2D eigenvalue weighted by Gasteiger charge is -2.21. The molecule has 0 radical (unpaired) electrons. The second-order valence-electron chi connectivity index (χ2n) is 4.15. The normalized spacial score (nSPS) is 22.7. The van der Waals surface area contributed by atoms with E-state index < -0.39 is 9.04 Å². The van der Waals surface area contributed by atoms with E-state index in [1.165, 1.54) is 29.6 Å². The average Bonchev–Trinajstić information content (AvgIpc) is 2.31. The van der Waals surface area contributed by atoms with Crippen LogP contribution in [-0.4, -0.2) is 15.6 Å². The number of hydrogen-bond acceptors (Lipinski definition) is 1. The zero-order chi connectivity index (χ0) is 10.5. The Morgan fingerprint density at radius 3 is 2.73 bits per heavy atom. The van der Waals surface area contributed by atoms with Gasteiger partial charge in [0.2, 0.25) is 9.04 Å². The topological polar surface area (TPSA) is 9.23 Å². The fraction of sp³-hybridized carbons (Fsp3) is 0.385. The quantitative estimate of drug-likeness (QED) is 0.693. The number of benzene rings is 1. The smallest absolute Gasteiger partial charge is 0.204 e. The SMILES string of the molecule is CC(=Cc1ccccc1)[SiH]1CCCCO1. The van der Waals surface area contributed by atoms with E-state index in [0.717, 1.165) is 6.61 Å². The molecule has 0 aliphatic carbocycles. The zero-order valence-electron chi connectivity index (χ0n) is 9.28. The molecule has 0 N–H and O–H groups in total. The predicted molar refractivity (Wildman–Crippen MR) is 67.2 cm³/mol. The van der Waals surface area contributed by atoms with Gasteiger partial charge in [0.25, 0.3) is 0 Å². The second kappa shape index (κ2) is 5.28. The van der Waals surface area contributed by atoms with E-state index in [2.05, 4.69) is 43.3 Å². The lowest BCUT2D eigenvalue weighted by Crippen LogP contribution is -2.24. The van der Waals surface area contributed by atoms with Crippen molar-refractivity contribution in [2.75, 3.05) is 6.61 Å². The summed E-state index contributed by atoms with van der Waals surface area (Å²) in [5, 5.41) is 1.49. The van der Waals surface area contributed by atoms with Crippen LogP contribution in [0.15, 0.2) is 35.5 Å². The Morgan fingerprint density at radius 2 is 2.07 bits per heavy atom. The van der Waals surface area contributed by atoms with Crippen LogP contribution in [-0.2, 0) is 4.43 Å². The third-order valence-electron chi connectivity index (χ3n) is 2.88. The first kappa shape index (κ1) is 10.6. The highest BCUT2D eigenvalue weighted by molar-refractivity contribution is 6.61. The highest BCUT2D eigenvalue weighted by Gasteiger charge is 2.17. The van der Waals surface area contributed by atoms with Gasteiger partial charge < -0.3 is 4.43 Å². The van der Waals surface area contributed by atoms with E-state index in [0.29, 0.717) is 0 Å². The molecule has 1 nitrogen and oxygen atoms in total. The molecule has 1 aromatic rings. The maximum Gasteiger partial charge on any atom is 0.204 e. The highest BCUT2D eigenvalue weighted by atomic mass is 28.3. The van der Waals surface area contributed by atoms with Gasteiger partial charge in [0.15, 0.2) is 0 Å². The first-order valence-electron chi connectivity index (χ1n) is 5.71. The maximum absolute atomic E-state index is 5.88. The molecule has 1 aromatic carbocycles. The Labute approximate surface area is 93.5 Å². The van der Waals surface area contributed by atoms with Crippen molar-refractivity contribution in [2.45, 2.75) is 25.8 Å². The minimum absolute atomic E-state index is 0.983. The average molecular weight is 218 g/mol. The van der Waals surface area contributed by atoms with Crippen LogP contribution in [0.3, 0.4) is 0 Å². The Morgan fingerprint density at radius 1 is 1.27 bits per heavy atom. The summed E-state index contributed by atoms with van der Waals surface area (Å²) in [7, 11) is -1.03. The molecular formula is C13H18OSi. The van der Waals surface area contributed by atoms with Gasteiger partial charge in [-0.05, 0) is 25.0 Å². The lowest BCUT2D eigenvalue weighted by molar-refractivity contribution is 0.292. The molecule has 1 heterocycles. The van der Waals surface area contributed by atoms with Gasteiger partial charge in [0, 0.05) is 6.61 Å². The van der Waals surface area contributed by atoms with Gasteiger partial charge in [-0.15, -0.1) is 0 Å². The molecule has 1 aliphatic heterocycles. The largest absolute Gasteiger partial charge is 0.416 e. The molecule has 0 amide bonds. The van der Waals surface area contributed by atoms with E-state index in [4.69, 9.17) is 4.43 Å². The Bertz CT molecular complexity index is 326. The summed E-state index contributed by atoms with van der Waals surface area (Å²) >= 11 is 0. The maximum atomic E-state index is 5.88. The molecule has 1 unspecified atom stereocenters. The Hall–Kier alpha value is -0.863. The van der Waals surface area contributed by atoms with Gasteiger partial charge in [0.05, 0.1) is 0 Å². The number of hydrogen-bond donors (Lipinski definition) is 0. The molecule has 80 valence electrons. The van der Waals surface area contributed by atoms with Gasteiger partial charge in [-0.3, -0.25) is 0 Å². The van der Waals surface area contributed by atoms with Crippen molar-refractivity contribution in [3.8, 4) is 0 Å². The molecule has 2 heteroatoms. The molecule has 1 aliphatic rings.